The number of ether oxygens (including phenoxy) is 2. The average molecular weight is 509 g/mol. The van der Waals surface area contributed by atoms with Gasteiger partial charge in [0.1, 0.15) is 0 Å². The second-order valence-electron chi connectivity index (χ2n) is 10.1. The minimum Gasteiger partial charge on any atom is -0.416 e. The molecule has 0 spiro atoms. The number of hydrogen-bond donors (Lipinski definition) is 0. The summed E-state index contributed by atoms with van der Waals surface area (Å²) in [4.78, 5) is 0.327. The summed E-state index contributed by atoms with van der Waals surface area (Å²) in [6, 6.07) is 8.53. The van der Waals surface area contributed by atoms with Crippen LogP contribution in [0.1, 0.15) is 60.8 Å². The van der Waals surface area contributed by atoms with Gasteiger partial charge >= 0.3 is 0 Å². The second kappa shape index (κ2) is 12.6. The first-order chi connectivity index (χ1) is 16.0. The first-order valence-electron chi connectivity index (χ1n) is 12.5. The fourth-order valence-corrected chi connectivity index (χ4v) is 12.1. The summed E-state index contributed by atoms with van der Waals surface area (Å²) in [6.45, 7) is 14.5. The Labute approximate surface area is 208 Å². The van der Waals surface area contributed by atoms with Crippen molar-refractivity contribution >= 4 is 18.2 Å². The summed E-state index contributed by atoms with van der Waals surface area (Å²) in [5.74, 6) is -0.980. The van der Waals surface area contributed by atoms with Gasteiger partial charge in [-0.1, -0.05) is 84.0 Å². The maximum absolute atomic E-state index is 12.7. The lowest BCUT2D eigenvalue weighted by atomic mass is 10.0. The quantitative estimate of drug-likeness (QED) is 0.169. The molecule has 2 atom stereocenters. The molecule has 1 aromatic rings. The molecular formula is C27H44O5SSi. The van der Waals surface area contributed by atoms with Crippen molar-refractivity contribution in [1.29, 1.82) is 0 Å². The van der Waals surface area contributed by atoms with Crippen molar-refractivity contribution < 1.29 is 22.3 Å². The normalized spacial score (nSPS) is 21.9. The fraction of sp³-hybridized carbons (Fsp3) is 0.630. The molecule has 0 saturated carbocycles. The molecule has 0 aromatic heterocycles. The molecule has 0 fully saturated rings. The summed E-state index contributed by atoms with van der Waals surface area (Å²) < 4.78 is 44.0. The Kier molecular flexibility index (Phi) is 10.8. The molecule has 5 nitrogen and oxygen atoms in total. The monoisotopic (exact) mass is 508 g/mol. The number of rotatable bonds is 13. The maximum Gasteiger partial charge on any atom is 0.200 e. The molecule has 1 aliphatic rings. The highest BCUT2D eigenvalue weighted by molar-refractivity contribution is 7.91. The number of benzene rings is 1. The molecule has 0 aliphatic carbocycles. The SMILES string of the molecule is CO[C@@]1(CCS(=O)(=O)c2ccccc2)CC=C[C@H](/C=C/CCO[Si](C(C)C)(C(C)C)C(C)C)O1. The van der Waals surface area contributed by atoms with Crippen molar-refractivity contribution in [1.82, 2.24) is 0 Å². The smallest absolute Gasteiger partial charge is 0.200 e. The molecule has 0 saturated heterocycles. The van der Waals surface area contributed by atoms with Gasteiger partial charge < -0.3 is 13.9 Å². The third-order valence-electron chi connectivity index (χ3n) is 7.00. The van der Waals surface area contributed by atoms with Gasteiger partial charge in [-0.05, 0) is 35.2 Å². The van der Waals surface area contributed by atoms with E-state index in [2.05, 4.69) is 47.6 Å². The summed E-state index contributed by atoms with van der Waals surface area (Å²) in [5.41, 5.74) is 1.70. The Bertz CT molecular complexity index is 886. The zero-order valence-corrected chi connectivity index (χ0v) is 23.8. The summed E-state index contributed by atoms with van der Waals surface area (Å²) in [6.07, 6.45) is 9.48. The molecule has 192 valence electrons. The Morgan fingerprint density at radius 1 is 1.09 bits per heavy atom. The van der Waals surface area contributed by atoms with Crippen LogP contribution < -0.4 is 0 Å². The van der Waals surface area contributed by atoms with Gasteiger partial charge in [-0.15, -0.1) is 0 Å². The summed E-state index contributed by atoms with van der Waals surface area (Å²) >= 11 is 0. The van der Waals surface area contributed by atoms with Crippen molar-refractivity contribution in [3.05, 3.63) is 54.6 Å². The van der Waals surface area contributed by atoms with Crippen LogP contribution in [0.4, 0.5) is 0 Å². The minimum absolute atomic E-state index is 0.0325. The zero-order chi connectivity index (χ0) is 25.4. The van der Waals surface area contributed by atoms with Gasteiger partial charge in [0.15, 0.2) is 23.9 Å². The van der Waals surface area contributed by atoms with Crippen LogP contribution in [-0.4, -0.2) is 48.1 Å². The van der Waals surface area contributed by atoms with Crippen LogP contribution >= 0.6 is 0 Å². The van der Waals surface area contributed by atoms with Gasteiger partial charge in [-0.2, -0.15) is 0 Å². The maximum atomic E-state index is 12.7. The van der Waals surface area contributed by atoms with E-state index in [1.165, 1.54) is 0 Å². The molecule has 0 bridgehead atoms. The van der Waals surface area contributed by atoms with E-state index in [1.54, 1.807) is 31.4 Å². The third kappa shape index (κ3) is 7.14. The molecule has 2 rings (SSSR count). The predicted octanol–water partition coefficient (Wildman–Crippen LogP) is 6.68. The van der Waals surface area contributed by atoms with Gasteiger partial charge in [-0.25, -0.2) is 8.42 Å². The lowest BCUT2D eigenvalue weighted by molar-refractivity contribution is -0.233. The topological polar surface area (TPSA) is 61.8 Å². The van der Waals surface area contributed by atoms with Gasteiger partial charge in [0, 0.05) is 26.6 Å². The van der Waals surface area contributed by atoms with Crippen LogP contribution in [0.3, 0.4) is 0 Å². The third-order valence-corrected chi connectivity index (χ3v) is 14.9. The predicted molar refractivity (Wildman–Crippen MR) is 142 cm³/mol. The van der Waals surface area contributed by atoms with Gasteiger partial charge in [-0.3, -0.25) is 0 Å². The highest BCUT2D eigenvalue weighted by atomic mass is 32.2. The van der Waals surface area contributed by atoms with Crippen molar-refractivity contribution in [3.63, 3.8) is 0 Å². The Hall–Kier alpha value is -1.25. The van der Waals surface area contributed by atoms with Crippen LogP contribution in [0.2, 0.25) is 16.6 Å². The van der Waals surface area contributed by atoms with Gasteiger partial charge in [0.2, 0.25) is 0 Å². The Balaban J connectivity index is 1.95. The zero-order valence-electron chi connectivity index (χ0n) is 22.0. The van der Waals surface area contributed by atoms with E-state index in [9.17, 15) is 8.42 Å². The minimum atomic E-state index is -3.40. The van der Waals surface area contributed by atoms with E-state index in [0.717, 1.165) is 6.42 Å². The van der Waals surface area contributed by atoms with E-state index in [1.807, 2.05) is 24.3 Å². The molecular weight excluding hydrogens is 464 g/mol. The molecule has 0 amide bonds. The van der Waals surface area contributed by atoms with Crippen molar-refractivity contribution in [3.8, 4) is 0 Å². The molecule has 34 heavy (non-hydrogen) atoms. The van der Waals surface area contributed by atoms with E-state index >= 15 is 0 Å². The van der Waals surface area contributed by atoms with Crippen LogP contribution in [0.25, 0.3) is 0 Å². The van der Waals surface area contributed by atoms with Crippen LogP contribution in [0, 0.1) is 0 Å². The first kappa shape index (κ1) is 29.0. The van der Waals surface area contributed by atoms with Crippen LogP contribution in [0.5, 0.6) is 0 Å². The van der Waals surface area contributed by atoms with Crippen molar-refractivity contribution in [2.45, 2.75) is 94.2 Å². The fourth-order valence-electron chi connectivity index (χ4n) is 5.28. The van der Waals surface area contributed by atoms with E-state index in [4.69, 9.17) is 13.9 Å². The standard InChI is InChI=1S/C27H44O5SSi/c1-22(2)34(23(3)4,24(5)6)31-20-12-11-14-25-15-13-18-27(30-7,32-25)19-21-33(28,29)26-16-9-8-10-17-26/h8-11,13-17,22-25H,12,18-21H2,1-7H3/b14-11+/t25-,27-/m0/s1. The molecule has 1 aliphatic heterocycles. The van der Waals surface area contributed by atoms with Crippen LogP contribution in [0.15, 0.2) is 59.5 Å². The van der Waals surface area contributed by atoms with E-state index < -0.39 is 23.9 Å². The molecule has 0 unspecified atom stereocenters. The van der Waals surface area contributed by atoms with E-state index in [-0.39, 0.29) is 18.3 Å². The Morgan fingerprint density at radius 2 is 1.71 bits per heavy atom. The number of sulfone groups is 1. The van der Waals surface area contributed by atoms with E-state index in [0.29, 0.717) is 34.5 Å². The molecule has 0 radical (unpaired) electrons. The lowest BCUT2D eigenvalue weighted by Gasteiger charge is -2.42. The molecule has 1 heterocycles. The lowest BCUT2D eigenvalue weighted by Crippen LogP contribution is -2.47. The summed E-state index contributed by atoms with van der Waals surface area (Å²) in [7, 11) is -3.68. The molecule has 1 aromatic carbocycles. The largest absolute Gasteiger partial charge is 0.416 e. The van der Waals surface area contributed by atoms with Gasteiger partial charge in [0.25, 0.3) is 0 Å². The Morgan fingerprint density at radius 3 is 2.26 bits per heavy atom. The molecule has 7 heteroatoms. The number of hydrogen-bond acceptors (Lipinski definition) is 5. The summed E-state index contributed by atoms with van der Waals surface area (Å²) in [5, 5.41) is 0. The highest BCUT2D eigenvalue weighted by Crippen LogP contribution is 2.42. The van der Waals surface area contributed by atoms with Crippen molar-refractivity contribution in [2.24, 2.45) is 0 Å². The van der Waals surface area contributed by atoms with Crippen LogP contribution in [-0.2, 0) is 23.7 Å². The van der Waals surface area contributed by atoms with Gasteiger partial charge in [0.05, 0.1) is 16.8 Å². The number of methoxy groups -OCH3 is 1. The van der Waals surface area contributed by atoms with Crippen molar-refractivity contribution in [2.75, 3.05) is 19.5 Å². The first-order valence-corrected chi connectivity index (χ1v) is 16.3. The average Bonchev–Trinajstić information content (AvgIpc) is 2.80. The molecule has 0 N–H and O–H groups in total. The second-order valence-corrected chi connectivity index (χ2v) is 17.7. The highest BCUT2D eigenvalue weighted by Gasteiger charge is 2.44.